The Morgan fingerprint density at radius 1 is 0.971 bits per heavy atom. The van der Waals surface area contributed by atoms with E-state index >= 15 is 0 Å². The second kappa shape index (κ2) is 9.82. The van der Waals surface area contributed by atoms with E-state index in [9.17, 15) is 13.2 Å². The molecule has 1 amide bonds. The molecule has 0 radical (unpaired) electrons. The fourth-order valence-corrected chi connectivity index (χ4v) is 5.51. The van der Waals surface area contributed by atoms with E-state index in [0.717, 1.165) is 20.8 Å². The van der Waals surface area contributed by atoms with Crippen LogP contribution in [0.4, 0.5) is 5.69 Å². The van der Waals surface area contributed by atoms with Crippen molar-refractivity contribution in [2.45, 2.75) is 18.4 Å². The molecule has 0 aliphatic heterocycles. The number of para-hydroxylation sites is 1. The van der Waals surface area contributed by atoms with Crippen molar-refractivity contribution in [1.82, 2.24) is 9.88 Å². The summed E-state index contributed by atoms with van der Waals surface area (Å²) in [5.74, 6) is 0.300. The van der Waals surface area contributed by atoms with Crippen LogP contribution in [0.3, 0.4) is 0 Å². The smallest absolute Gasteiger partial charge is 0.264 e. The fourth-order valence-electron chi connectivity index (χ4n) is 3.29. The monoisotopic (exact) mass is 495 g/mol. The molecule has 7 nitrogen and oxygen atoms in total. The molecule has 4 rings (SSSR count). The molecule has 0 spiro atoms. The average molecular weight is 496 g/mol. The predicted molar refractivity (Wildman–Crippen MR) is 135 cm³/mol. The summed E-state index contributed by atoms with van der Waals surface area (Å²) in [5.41, 5.74) is 2.41. The molecule has 0 N–H and O–H groups in total. The van der Waals surface area contributed by atoms with Gasteiger partial charge in [0.05, 0.1) is 27.3 Å². The van der Waals surface area contributed by atoms with Gasteiger partial charge in [0.25, 0.3) is 15.9 Å². The normalized spacial score (nSPS) is 11.4. The zero-order chi connectivity index (χ0) is 24.3. The minimum Gasteiger partial charge on any atom is -0.484 e. The van der Waals surface area contributed by atoms with Crippen LogP contribution in [0.1, 0.15) is 10.6 Å². The maximum absolute atomic E-state index is 12.9. The molecule has 1 heterocycles. The maximum Gasteiger partial charge on any atom is 0.264 e. The van der Waals surface area contributed by atoms with Gasteiger partial charge in [-0.15, -0.1) is 11.3 Å². The van der Waals surface area contributed by atoms with Crippen LogP contribution < -0.4 is 9.04 Å². The van der Waals surface area contributed by atoms with E-state index in [1.807, 2.05) is 31.2 Å². The quantitative estimate of drug-likeness (QED) is 0.360. The first-order valence-corrected chi connectivity index (χ1v) is 12.9. The number of hydrogen-bond donors (Lipinski definition) is 0. The molecular formula is C25H25N3O4S2. The lowest BCUT2D eigenvalue weighted by Gasteiger charge is -2.20. The van der Waals surface area contributed by atoms with Crippen LogP contribution >= 0.6 is 11.3 Å². The third-order valence-electron chi connectivity index (χ3n) is 5.38. The second-order valence-electron chi connectivity index (χ2n) is 7.89. The van der Waals surface area contributed by atoms with Crippen molar-refractivity contribution in [3.05, 3.63) is 83.4 Å². The van der Waals surface area contributed by atoms with Gasteiger partial charge in [-0.05, 0) is 55.5 Å². The van der Waals surface area contributed by atoms with Gasteiger partial charge in [-0.2, -0.15) is 0 Å². The first kappa shape index (κ1) is 23.7. The standard InChI is InChI=1S/C25H25N3O4S2/c1-18-8-14-21(15-9-18)34(30,31)28(3)19-10-12-20(13-11-19)32-17-25(29)27(2)16-24-26-22-6-4-5-7-23(22)33-24/h4-15H,16-17H2,1-3H3. The molecule has 0 aliphatic carbocycles. The summed E-state index contributed by atoms with van der Waals surface area (Å²) in [7, 11) is -0.452. The molecule has 3 aromatic carbocycles. The molecule has 0 unspecified atom stereocenters. The number of likely N-dealkylation sites (N-methyl/N-ethyl adjacent to an activating group) is 1. The van der Waals surface area contributed by atoms with Gasteiger partial charge in [-0.1, -0.05) is 29.8 Å². The molecule has 34 heavy (non-hydrogen) atoms. The van der Waals surface area contributed by atoms with Crippen molar-refractivity contribution in [3.8, 4) is 5.75 Å². The number of rotatable bonds is 8. The summed E-state index contributed by atoms with van der Waals surface area (Å²) in [6.07, 6.45) is 0. The number of thiazole rings is 1. The summed E-state index contributed by atoms with van der Waals surface area (Å²) < 4.78 is 33.7. The molecule has 1 aromatic heterocycles. The number of hydrogen-bond acceptors (Lipinski definition) is 6. The lowest BCUT2D eigenvalue weighted by atomic mass is 10.2. The molecule has 0 aliphatic rings. The van der Waals surface area contributed by atoms with Gasteiger partial charge in [0.1, 0.15) is 10.8 Å². The number of amides is 1. The highest BCUT2D eigenvalue weighted by atomic mass is 32.2. The van der Waals surface area contributed by atoms with Gasteiger partial charge < -0.3 is 9.64 Å². The summed E-state index contributed by atoms with van der Waals surface area (Å²) in [6.45, 7) is 2.18. The molecule has 4 aromatic rings. The number of fused-ring (bicyclic) bond motifs is 1. The topological polar surface area (TPSA) is 79.8 Å². The van der Waals surface area contributed by atoms with Gasteiger partial charge in [0, 0.05) is 14.1 Å². The highest BCUT2D eigenvalue weighted by Crippen LogP contribution is 2.25. The van der Waals surface area contributed by atoms with E-state index in [1.54, 1.807) is 71.8 Å². The van der Waals surface area contributed by atoms with Crippen molar-refractivity contribution in [2.75, 3.05) is 25.0 Å². The number of anilines is 1. The lowest BCUT2D eigenvalue weighted by Crippen LogP contribution is -2.30. The number of nitrogens with zero attached hydrogens (tertiary/aromatic N) is 3. The van der Waals surface area contributed by atoms with Gasteiger partial charge >= 0.3 is 0 Å². The van der Waals surface area contributed by atoms with Crippen LogP contribution in [-0.4, -0.2) is 44.9 Å². The van der Waals surface area contributed by atoms with E-state index in [2.05, 4.69) is 4.98 Å². The van der Waals surface area contributed by atoms with E-state index in [1.165, 1.54) is 11.4 Å². The number of aromatic nitrogens is 1. The van der Waals surface area contributed by atoms with Crippen LogP contribution in [0.5, 0.6) is 5.75 Å². The van der Waals surface area contributed by atoms with Crippen molar-refractivity contribution >= 4 is 43.2 Å². The average Bonchev–Trinajstić information content (AvgIpc) is 3.25. The Labute approximate surface area is 203 Å². The molecule has 9 heteroatoms. The number of sulfonamides is 1. The molecule has 176 valence electrons. The zero-order valence-corrected chi connectivity index (χ0v) is 20.8. The van der Waals surface area contributed by atoms with Gasteiger partial charge in [-0.25, -0.2) is 13.4 Å². The Hall–Kier alpha value is -3.43. The number of aryl methyl sites for hydroxylation is 1. The maximum atomic E-state index is 12.9. The second-order valence-corrected chi connectivity index (χ2v) is 11.0. The van der Waals surface area contributed by atoms with Crippen molar-refractivity contribution in [3.63, 3.8) is 0 Å². The number of carbonyl (C=O) groups excluding carboxylic acids is 1. The Morgan fingerprint density at radius 3 is 2.32 bits per heavy atom. The third-order valence-corrected chi connectivity index (χ3v) is 8.20. The number of benzene rings is 3. The first-order chi connectivity index (χ1) is 16.2. The summed E-state index contributed by atoms with van der Waals surface area (Å²) in [6, 6.07) is 21.2. The molecule has 0 atom stereocenters. The zero-order valence-electron chi connectivity index (χ0n) is 19.1. The Kier molecular flexibility index (Phi) is 6.85. The largest absolute Gasteiger partial charge is 0.484 e. The lowest BCUT2D eigenvalue weighted by molar-refractivity contribution is -0.132. The van der Waals surface area contributed by atoms with Crippen LogP contribution in [0.2, 0.25) is 0 Å². The highest BCUT2D eigenvalue weighted by molar-refractivity contribution is 7.92. The van der Waals surface area contributed by atoms with E-state index in [0.29, 0.717) is 18.0 Å². The Balaban J connectivity index is 1.34. The third kappa shape index (κ3) is 5.21. The predicted octanol–water partition coefficient (Wildman–Crippen LogP) is 4.47. The molecule has 0 fully saturated rings. The van der Waals surface area contributed by atoms with E-state index < -0.39 is 10.0 Å². The molecule has 0 saturated heterocycles. The van der Waals surface area contributed by atoms with Crippen molar-refractivity contribution in [1.29, 1.82) is 0 Å². The van der Waals surface area contributed by atoms with Gasteiger partial charge in [-0.3, -0.25) is 9.10 Å². The Bertz CT molecular complexity index is 1370. The van der Waals surface area contributed by atoms with Crippen LogP contribution in [0.25, 0.3) is 10.2 Å². The highest BCUT2D eigenvalue weighted by Gasteiger charge is 2.21. The summed E-state index contributed by atoms with van der Waals surface area (Å²) in [4.78, 5) is 18.9. The van der Waals surface area contributed by atoms with Crippen molar-refractivity contribution < 1.29 is 17.9 Å². The minimum atomic E-state index is -3.67. The Morgan fingerprint density at radius 2 is 1.65 bits per heavy atom. The van der Waals surface area contributed by atoms with E-state index in [4.69, 9.17) is 4.74 Å². The molecule has 0 saturated carbocycles. The van der Waals surface area contributed by atoms with Crippen LogP contribution in [0.15, 0.2) is 77.7 Å². The fraction of sp³-hybridized carbons (Fsp3) is 0.200. The van der Waals surface area contributed by atoms with E-state index in [-0.39, 0.29) is 17.4 Å². The van der Waals surface area contributed by atoms with Crippen LogP contribution in [0, 0.1) is 6.92 Å². The van der Waals surface area contributed by atoms with Crippen molar-refractivity contribution in [2.24, 2.45) is 0 Å². The molecular weight excluding hydrogens is 470 g/mol. The summed E-state index contributed by atoms with van der Waals surface area (Å²) in [5, 5.41) is 0.860. The number of ether oxygens (including phenoxy) is 1. The van der Waals surface area contributed by atoms with Gasteiger partial charge in [0.15, 0.2) is 6.61 Å². The SMILES string of the molecule is Cc1ccc(S(=O)(=O)N(C)c2ccc(OCC(=O)N(C)Cc3nc4ccccc4s3)cc2)cc1. The summed E-state index contributed by atoms with van der Waals surface area (Å²) >= 11 is 1.56. The van der Waals surface area contributed by atoms with Crippen LogP contribution in [-0.2, 0) is 21.4 Å². The minimum absolute atomic E-state index is 0.127. The molecule has 0 bridgehead atoms. The first-order valence-electron chi connectivity index (χ1n) is 10.6. The van der Waals surface area contributed by atoms with Gasteiger partial charge in [0.2, 0.25) is 0 Å². The number of carbonyl (C=O) groups is 1.